The Morgan fingerprint density at radius 3 is 2.68 bits per heavy atom. The third-order valence-corrected chi connectivity index (χ3v) is 8.26. The van der Waals surface area contributed by atoms with Crippen LogP contribution in [-0.2, 0) is 14.8 Å². The third kappa shape index (κ3) is 5.13. The van der Waals surface area contributed by atoms with E-state index in [2.05, 4.69) is 10.3 Å². The molecule has 0 radical (unpaired) electrons. The molecule has 0 saturated carbocycles. The second kappa shape index (κ2) is 9.88. The first-order valence-electron chi connectivity index (χ1n) is 10.4. The lowest BCUT2D eigenvalue weighted by Gasteiger charge is -2.32. The van der Waals surface area contributed by atoms with Crippen LogP contribution in [0.5, 0.6) is 0 Å². The number of hydrogen-bond donors (Lipinski definition) is 1. The van der Waals surface area contributed by atoms with Gasteiger partial charge in [0.1, 0.15) is 0 Å². The second-order valence-corrected chi connectivity index (χ2v) is 10.3. The number of nitrogens with zero attached hydrogens (tertiary/aromatic N) is 3. The molecule has 2 heterocycles. The summed E-state index contributed by atoms with van der Waals surface area (Å²) in [5.74, 6) is -0.729. The molecule has 3 rings (SSSR count). The number of likely N-dealkylation sites (tertiary alicyclic amines) is 1. The topological polar surface area (TPSA) is 99.7 Å². The standard InChI is InChI=1S/C21H28N4O4S2/c1-4-25(5-2)31(28,29)17-9-8-15(3)18(13-17)20(27)24-11-6-7-16(14-24)19(26)23-21-22-10-12-30-21/h8-10,12-13,16H,4-7,11,14H2,1-3H3,(H,22,23,26). The van der Waals surface area contributed by atoms with Crippen molar-refractivity contribution < 1.29 is 18.0 Å². The van der Waals surface area contributed by atoms with Crippen molar-refractivity contribution in [1.82, 2.24) is 14.2 Å². The average Bonchev–Trinajstić information content (AvgIpc) is 3.27. The fourth-order valence-electron chi connectivity index (χ4n) is 3.74. The van der Waals surface area contributed by atoms with Crippen LogP contribution < -0.4 is 5.32 Å². The maximum atomic E-state index is 13.3. The van der Waals surface area contributed by atoms with Crippen LogP contribution in [0.3, 0.4) is 0 Å². The first-order valence-corrected chi connectivity index (χ1v) is 12.7. The maximum Gasteiger partial charge on any atom is 0.254 e. The molecule has 31 heavy (non-hydrogen) atoms. The largest absolute Gasteiger partial charge is 0.338 e. The Kier molecular flexibility index (Phi) is 7.45. The van der Waals surface area contributed by atoms with E-state index < -0.39 is 10.0 Å². The van der Waals surface area contributed by atoms with Gasteiger partial charge in [-0.3, -0.25) is 9.59 Å². The van der Waals surface area contributed by atoms with E-state index in [4.69, 9.17) is 0 Å². The van der Waals surface area contributed by atoms with Gasteiger partial charge in [0.15, 0.2) is 5.13 Å². The number of nitrogens with one attached hydrogen (secondary N) is 1. The summed E-state index contributed by atoms with van der Waals surface area (Å²) in [5, 5.41) is 5.13. The minimum Gasteiger partial charge on any atom is -0.338 e. The summed E-state index contributed by atoms with van der Waals surface area (Å²) in [6.07, 6.45) is 3.02. The number of sulfonamides is 1. The molecule has 1 aromatic heterocycles. The molecule has 1 aromatic carbocycles. The molecule has 1 fully saturated rings. The van der Waals surface area contributed by atoms with Crippen LogP contribution in [0.4, 0.5) is 5.13 Å². The summed E-state index contributed by atoms with van der Waals surface area (Å²) < 4.78 is 27.2. The molecule has 1 aliphatic heterocycles. The van der Waals surface area contributed by atoms with Gasteiger partial charge in [-0.25, -0.2) is 13.4 Å². The number of amides is 2. The van der Waals surface area contributed by atoms with Gasteiger partial charge in [0.2, 0.25) is 15.9 Å². The van der Waals surface area contributed by atoms with Crippen molar-refractivity contribution in [2.24, 2.45) is 5.92 Å². The van der Waals surface area contributed by atoms with E-state index in [1.807, 2.05) is 0 Å². The fraction of sp³-hybridized carbons (Fsp3) is 0.476. The molecule has 10 heteroatoms. The van der Waals surface area contributed by atoms with Gasteiger partial charge in [-0.05, 0) is 37.5 Å². The van der Waals surface area contributed by atoms with Crippen LogP contribution in [0.15, 0.2) is 34.7 Å². The average molecular weight is 465 g/mol. The molecule has 1 unspecified atom stereocenters. The van der Waals surface area contributed by atoms with Crippen molar-refractivity contribution in [1.29, 1.82) is 0 Å². The number of piperidine rings is 1. The highest BCUT2D eigenvalue weighted by Crippen LogP contribution is 2.24. The molecule has 0 bridgehead atoms. The Balaban J connectivity index is 1.79. The first kappa shape index (κ1) is 23.4. The van der Waals surface area contributed by atoms with Crippen molar-refractivity contribution in [2.75, 3.05) is 31.5 Å². The van der Waals surface area contributed by atoms with Crippen molar-refractivity contribution in [3.8, 4) is 0 Å². The molecule has 168 valence electrons. The first-order chi connectivity index (χ1) is 14.8. The zero-order valence-electron chi connectivity index (χ0n) is 18.0. The summed E-state index contributed by atoms with van der Waals surface area (Å²) in [5.41, 5.74) is 1.06. The quantitative estimate of drug-likeness (QED) is 0.679. The Morgan fingerprint density at radius 1 is 1.29 bits per heavy atom. The van der Waals surface area contributed by atoms with Crippen molar-refractivity contribution in [3.63, 3.8) is 0 Å². The lowest BCUT2D eigenvalue weighted by Crippen LogP contribution is -2.44. The summed E-state index contributed by atoms with van der Waals surface area (Å²) in [4.78, 5) is 31.7. The van der Waals surface area contributed by atoms with Gasteiger partial charge >= 0.3 is 0 Å². The van der Waals surface area contributed by atoms with Gasteiger partial charge in [-0.2, -0.15) is 4.31 Å². The number of aromatic nitrogens is 1. The van der Waals surface area contributed by atoms with Crippen molar-refractivity contribution in [2.45, 2.75) is 38.5 Å². The van der Waals surface area contributed by atoms with E-state index in [1.54, 1.807) is 49.4 Å². The van der Waals surface area contributed by atoms with E-state index in [-0.39, 0.29) is 22.6 Å². The van der Waals surface area contributed by atoms with Gasteiger partial charge in [-0.15, -0.1) is 11.3 Å². The van der Waals surface area contributed by atoms with Crippen LogP contribution in [0.25, 0.3) is 0 Å². The van der Waals surface area contributed by atoms with Crippen LogP contribution in [0.1, 0.15) is 42.6 Å². The number of thiazole rings is 1. The van der Waals surface area contributed by atoms with Crippen LogP contribution >= 0.6 is 11.3 Å². The number of hydrogen-bond acceptors (Lipinski definition) is 6. The maximum absolute atomic E-state index is 13.3. The van der Waals surface area contributed by atoms with Crippen LogP contribution in [0, 0.1) is 12.8 Å². The minimum atomic E-state index is -3.67. The molecule has 8 nitrogen and oxygen atoms in total. The molecule has 0 spiro atoms. The summed E-state index contributed by atoms with van der Waals surface area (Å²) in [6, 6.07) is 4.67. The van der Waals surface area contributed by atoms with Crippen LogP contribution in [0.2, 0.25) is 0 Å². The zero-order chi connectivity index (χ0) is 22.6. The number of carbonyl (C=O) groups excluding carboxylic acids is 2. The smallest absolute Gasteiger partial charge is 0.254 e. The highest BCUT2D eigenvalue weighted by molar-refractivity contribution is 7.89. The molecule has 2 amide bonds. The lowest BCUT2D eigenvalue weighted by atomic mass is 9.96. The number of aryl methyl sites for hydroxylation is 1. The van der Waals surface area contributed by atoms with Crippen molar-refractivity contribution in [3.05, 3.63) is 40.9 Å². The zero-order valence-corrected chi connectivity index (χ0v) is 19.6. The van der Waals surface area contributed by atoms with Gasteiger partial charge in [0.05, 0.1) is 10.8 Å². The molecule has 1 N–H and O–H groups in total. The summed E-state index contributed by atoms with van der Waals surface area (Å²) >= 11 is 1.35. The highest BCUT2D eigenvalue weighted by atomic mass is 32.2. The van der Waals surface area contributed by atoms with E-state index in [0.717, 1.165) is 0 Å². The fourth-order valence-corrected chi connectivity index (χ4v) is 5.76. The van der Waals surface area contributed by atoms with Gasteiger partial charge in [0, 0.05) is 43.3 Å². The van der Waals surface area contributed by atoms with Crippen molar-refractivity contribution >= 4 is 38.3 Å². The Labute approximate surface area is 187 Å². The molecular weight excluding hydrogens is 436 g/mol. The lowest BCUT2D eigenvalue weighted by molar-refractivity contribution is -0.121. The highest BCUT2D eigenvalue weighted by Gasteiger charge is 2.31. The van der Waals surface area contributed by atoms with E-state index in [0.29, 0.717) is 55.3 Å². The summed E-state index contributed by atoms with van der Waals surface area (Å²) in [7, 11) is -3.67. The SMILES string of the molecule is CCN(CC)S(=O)(=O)c1ccc(C)c(C(=O)N2CCCC(C(=O)Nc3nccs3)C2)c1. The molecule has 1 saturated heterocycles. The molecular formula is C21H28N4O4S2. The van der Waals surface area contributed by atoms with Gasteiger partial charge in [0.25, 0.3) is 5.91 Å². The Hall–Kier alpha value is -2.30. The monoisotopic (exact) mass is 464 g/mol. The Morgan fingerprint density at radius 2 is 2.03 bits per heavy atom. The molecule has 1 atom stereocenters. The number of benzene rings is 1. The number of carbonyl (C=O) groups is 2. The number of anilines is 1. The summed E-state index contributed by atoms with van der Waals surface area (Å²) in [6.45, 7) is 6.90. The normalized spacial score (nSPS) is 17.0. The van der Waals surface area contributed by atoms with Gasteiger partial charge < -0.3 is 10.2 Å². The number of rotatable bonds is 7. The van der Waals surface area contributed by atoms with Gasteiger partial charge in [-0.1, -0.05) is 19.9 Å². The molecule has 0 aliphatic carbocycles. The predicted octanol–water partition coefficient (Wildman–Crippen LogP) is 2.97. The van der Waals surface area contributed by atoms with Crippen LogP contribution in [-0.4, -0.2) is 60.6 Å². The minimum absolute atomic E-state index is 0.111. The second-order valence-electron chi connectivity index (χ2n) is 7.48. The van der Waals surface area contributed by atoms with E-state index in [9.17, 15) is 18.0 Å². The molecule has 1 aliphatic rings. The Bertz CT molecular complexity index is 1030. The molecule has 2 aromatic rings. The predicted molar refractivity (Wildman–Crippen MR) is 121 cm³/mol. The third-order valence-electron chi connectivity index (χ3n) is 5.52. The van der Waals surface area contributed by atoms with E-state index >= 15 is 0 Å². The van der Waals surface area contributed by atoms with E-state index in [1.165, 1.54) is 21.7 Å².